The lowest BCUT2D eigenvalue weighted by atomic mass is 10.0. The van der Waals surface area contributed by atoms with Crippen molar-refractivity contribution in [2.75, 3.05) is 39.6 Å². The fraction of sp³-hybridized carbons (Fsp3) is 0.938. The van der Waals surface area contributed by atoms with Crippen LogP contribution < -0.4 is 0 Å². The fourth-order valence-electron chi connectivity index (χ4n) is 9.58. The summed E-state index contributed by atoms with van der Waals surface area (Å²) in [7, 11) is -9.88. The molecule has 2 unspecified atom stereocenters. The van der Waals surface area contributed by atoms with E-state index in [1.54, 1.807) is 0 Å². The summed E-state index contributed by atoms with van der Waals surface area (Å²) in [5.41, 5.74) is 0. The monoisotopic (exact) mass is 1230 g/mol. The van der Waals surface area contributed by atoms with Crippen molar-refractivity contribution in [2.24, 2.45) is 5.92 Å². The van der Waals surface area contributed by atoms with Crippen molar-refractivity contribution in [2.45, 2.75) is 342 Å². The zero-order chi connectivity index (χ0) is 61.3. The molecule has 0 spiro atoms. The van der Waals surface area contributed by atoms with Crippen molar-refractivity contribution in [3.05, 3.63) is 0 Å². The molecule has 0 saturated heterocycles. The molecular weight excluding hydrogens is 1100 g/mol. The molecule has 0 bridgehead atoms. The number of carbonyl (C=O) groups excluding carboxylic acids is 4. The minimum absolute atomic E-state index is 0.106. The lowest BCUT2D eigenvalue weighted by Crippen LogP contribution is -2.30. The van der Waals surface area contributed by atoms with Crippen LogP contribution in [-0.4, -0.2) is 96.7 Å². The van der Waals surface area contributed by atoms with E-state index in [4.69, 9.17) is 37.0 Å². The Kier molecular flexibility index (Phi) is 56.4. The highest BCUT2D eigenvalue weighted by molar-refractivity contribution is 7.47. The van der Waals surface area contributed by atoms with E-state index in [1.165, 1.54) is 135 Å². The van der Waals surface area contributed by atoms with E-state index < -0.39 is 97.5 Å². The van der Waals surface area contributed by atoms with Crippen LogP contribution in [0.1, 0.15) is 324 Å². The van der Waals surface area contributed by atoms with E-state index in [0.717, 1.165) is 109 Å². The molecule has 0 heterocycles. The highest BCUT2D eigenvalue weighted by atomic mass is 31.2. The summed E-state index contributed by atoms with van der Waals surface area (Å²) in [6, 6.07) is 0. The average Bonchev–Trinajstić information content (AvgIpc) is 3.45. The maximum atomic E-state index is 13.0. The van der Waals surface area contributed by atoms with E-state index in [0.29, 0.717) is 25.7 Å². The Morgan fingerprint density at radius 2 is 0.554 bits per heavy atom. The summed E-state index contributed by atoms with van der Waals surface area (Å²) >= 11 is 0. The topological polar surface area (TPSA) is 237 Å². The van der Waals surface area contributed by atoms with Crippen molar-refractivity contribution < 1.29 is 80.2 Å². The van der Waals surface area contributed by atoms with Gasteiger partial charge in [-0.25, -0.2) is 9.13 Å². The van der Waals surface area contributed by atoms with Crippen LogP contribution in [0.2, 0.25) is 0 Å². The van der Waals surface area contributed by atoms with Gasteiger partial charge in [-0.15, -0.1) is 0 Å². The van der Waals surface area contributed by atoms with Crippen molar-refractivity contribution in [3.63, 3.8) is 0 Å². The van der Waals surface area contributed by atoms with Gasteiger partial charge in [0.15, 0.2) is 12.2 Å². The molecule has 0 aliphatic carbocycles. The molecule has 0 aromatic carbocycles. The number of phosphoric ester groups is 2. The first kappa shape index (κ1) is 81.1. The first-order valence-corrected chi connectivity index (χ1v) is 36.6. The van der Waals surface area contributed by atoms with Gasteiger partial charge in [0.2, 0.25) is 0 Å². The third kappa shape index (κ3) is 58.8. The number of aliphatic hydroxyl groups excluding tert-OH is 1. The second-order valence-corrected chi connectivity index (χ2v) is 26.5. The standard InChI is InChI=1S/C64H124O17P2/c1-6-9-12-15-18-20-22-23-24-25-26-28-35-40-45-50-64(69)81-60(54-75-62(67)48-43-38-33-30-29-32-36-41-46-57(4)5)56-79-83(72,73)77-52-58(65)51-76-82(70,71)78-55-59(53-74-61(66)47-42-37-31-17-14-11-8-3)80-63(68)49-44-39-34-27-21-19-16-13-10-7-2/h57-60,65H,6-56H2,1-5H3,(H,70,71)(H,72,73)/t58-,59+,60+/m0/s1. The van der Waals surface area contributed by atoms with Gasteiger partial charge in [0.1, 0.15) is 19.3 Å². The first-order valence-electron chi connectivity index (χ1n) is 33.6. The van der Waals surface area contributed by atoms with Gasteiger partial charge < -0.3 is 33.8 Å². The molecule has 5 atom stereocenters. The smallest absolute Gasteiger partial charge is 0.462 e. The maximum absolute atomic E-state index is 13.0. The average molecular weight is 1230 g/mol. The number of aliphatic hydroxyl groups is 1. The number of esters is 4. The molecule has 0 aliphatic rings. The third-order valence-corrected chi connectivity index (χ3v) is 16.7. The van der Waals surface area contributed by atoms with Gasteiger partial charge in [-0.3, -0.25) is 37.3 Å². The molecule has 83 heavy (non-hydrogen) atoms. The quantitative estimate of drug-likeness (QED) is 0.0222. The molecule has 0 radical (unpaired) electrons. The summed E-state index contributed by atoms with van der Waals surface area (Å²) in [5, 5.41) is 10.5. The van der Waals surface area contributed by atoms with Crippen LogP contribution in [-0.2, 0) is 65.4 Å². The Morgan fingerprint density at radius 1 is 0.325 bits per heavy atom. The summed E-state index contributed by atoms with van der Waals surface area (Å²) in [6.07, 6.45) is 41.8. The van der Waals surface area contributed by atoms with Crippen LogP contribution in [0.4, 0.5) is 0 Å². The Hall–Kier alpha value is -1.94. The summed E-state index contributed by atoms with van der Waals surface area (Å²) in [6.45, 7) is 7.12. The van der Waals surface area contributed by atoms with Crippen LogP contribution in [0.15, 0.2) is 0 Å². The Bertz CT molecular complexity index is 1620. The van der Waals surface area contributed by atoms with Gasteiger partial charge >= 0.3 is 39.5 Å². The van der Waals surface area contributed by atoms with Crippen LogP contribution in [0.25, 0.3) is 0 Å². The lowest BCUT2D eigenvalue weighted by Gasteiger charge is -2.21. The predicted octanol–water partition coefficient (Wildman–Crippen LogP) is 17.8. The largest absolute Gasteiger partial charge is 0.472 e. The van der Waals surface area contributed by atoms with Crippen LogP contribution in [0, 0.1) is 5.92 Å². The fourth-order valence-corrected chi connectivity index (χ4v) is 11.2. The predicted molar refractivity (Wildman–Crippen MR) is 331 cm³/mol. The van der Waals surface area contributed by atoms with Crippen molar-refractivity contribution in [1.29, 1.82) is 0 Å². The van der Waals surface area contributed by atoms with Crippen molar-refractivity contribution in [3.8, 4) is 0 Å². The number of hydrogen-bond acceptors (Lipinski definition) is 15. The second kappa shape index (κ2) is 57.8. The first-order chi connectivity index (χ1) is 40.0. The number of ether oxygens (including phenoxy) is 4. The number of carbonyl (C=O) groups is 4. The van der Waals surface area contributed by atoms with Gasteiger partial charge in [-0.1, -0.05) is 272 Å². The minimum Gasteiger partial charge on any atom is -0.462 e. The van der Waals surface area contributed by atoms with E-state index in [2.05, 4.69) is 34.6 Å². The van der Waals surface area contributed by atoms with Crippen molar-refractivity contribution in [1.82, 2.24) is 0 Å². The Morgan fingerprint density at radius 3 is 0.819 bits per heavy atom. The zero-order valence-corrected chi connectivity index (χ0v) is 55.1. The maximum Gasteiger partial charge on any atom is 0.472 e. The zero-order valence-electron chi connectivity index (χ0n) is 53.3. The Balaban J connectivity index is 5.20. The molecule has 0 aromatic heterocycles. The third-order valence-electron chi connectivity index (χ3n) is 14.8. The number of phosphoric acid groups is 2. The summed E-state index contributed by atoms with van der Waals surface area (Å²) in [5.74, 6) is -1.41. The molecule has 0 fully saturated rings. The molecule has 17 nitrogen and oxygen atoms in total. The highest BCUT2D eigenvalue weighted by Crippen LogP contribution is 2.45. The molecule has 0 aliphatic heterocycles. The van der Waals surface area contributed by atoms with Crippen LogP contribution in [0.5, 0.6) is 0 Å². The Labute approximate surface area is 505 Å². The molecule has 0 rings (SSSR count). The van der Waals surface area contributed by atoms with Gasteiger partial charge in [0.05, 0.1) is 26.4 Å². The number of rotatable bonds is 64. The number of hydrogen-bond donors (Lipinski definition) is 3. The molecule has 0 saturated carbocycles. The van der Waals surface area contributed by atoms with Gasteiger partial charge in [0, 0.05) is 25.7 Å². The molecular formula is C64H124O17P2. The lowest BCUT2D eigenvalue weighted by molar-refractivity contribution is -0.161. The minimum atomic E-state index is -4.94. The van der Waals surface area contributed by atoms with Crippen LogP contribution >= 0.6 is 15.6 Å². The SMILES string of the molecule is CCCCCCCCCCCCCCCCCC(=O)O[C@H](COC(=O)CCCCCCCCCCC(C)C)COP(=O)(O)OC[C@@H](O)COP(=O)(O)OC[C@@H](COC(=O)CCCCCCCCC)OC(=O)CCCCCCCCCCCC. The van der Waals surface area contributed by atoms with E-state index >= 15 is 0 Å². The number of unbranched alkanes of at least 4 members (excludes halogenated alkanes) is 36. The van der Waals surface area contributed by atoms with E-state index in [-0.39, 0.29) is 25.7 Å². The molecule has 0 aromatic rings. The van der Waals surface area contributed by atoms with Crippen molar-refractivity contribution >= 4 is 39.5 Å². The summed E-state index contributed by atoms with van der Waals surface area (Å²) < 4.78 is 67.9. The second-order valence-electron chi connectivity index (χ2n) is 23.6. The molecule has 3 N–H and O–H groups in total. The van der Waals surface area contributed by atoms with E-state index in [1.807, 2.05) is 0 Å². The van der Waals surface area contributed by atoms with E-state index in [9.17, 15) is 43.2 Å². The van der Waals surface area contributed by atoms with Gasteiger partial charge in [0.25, 0.3) is 0 Å². The van der Waals surface area contributed by atoms with Crippen LogP contribution in [0.3, 0.4) is 0 Å². The highest BCUT2D eigenvalue weighted by Gasteiger charge is 2.30. The van der Waals surface area contributed by atoms with Gasteiger partial charge in [-0.05, 0) is 31.6 Å². The summed E-state index contributed by atoms with van der Waals surface area (Å²) in [4.78, 5) is 72.1. The molecule has 19 heteroatoms. The molecule has 492 valence electrons. The molecule has 0 amide bonds. The van der Waals surface area contributed by atoms with Gasteiger partial charge in [-0.2, -0.15) is 0 Å². The normalized spacial score (nSPS) is 14.2.